The van der Waals surface area contributed by atoms with Gasteiger partial charge in [0.1, 0.15) is 26.7 Å². The Hall–Kier alpha value is -2.36. The van der Waals surface area contributed by atoms with Gasteiger partial charge in [-0.05, 0) is 31.9 Å². The highest BCUT2D eigenvalue weighted by molar-refractivity contribution is 7.17. The van der Waals surface area contributed by atoms with Gasteiger partial charge >= 0.3 is 0 Å². The molecule has 3 heterocycles. The van der Waals surface area contributed by atoms with Crippen LogP contribution in [0.4, 0.5) is 5.13 Å². The van der Waals surface area contributed by atoms with Crippen LogP contribution in [0.15, 0.2) is 24.3 Å². The fraction of sp³-hybridized carbons (Fsp3) is 0.333. The van der Waals surface area contributed by atoms with Crippen LogP contribution in [-0.4, -0.2) is 34.8 Å². The van der Waals surface area contributed by atoms with Gasteiger partial charge in [-0.25, -0.2) is 4.98 Å². The van der Waals surface area contributed by atoms with E-state index in [1.807, 2.05) is 31.2 Å². The summed E-state index contributed by atoms with van der Waals surface area (Å²) in [6, 6.07) is 7.62. The third-order valence-corrected chi connectivity index (χ3v) is 6.32. The molecule has 0 aliphatic carbocycles. The molecule has 1 N–H and O–H groups in total. The van der Waals surface area contributed by atoms with Crippen LogP contribution in [0.2, 0.25) is 0 Å². The van der Waals surface area contributed by atoms with E-state index in [0.29, 0.717) is 15.7 Å². The summed E-state index contributed by atoms with van der Waals surface area (Å²) >= 11 is 2.70. The van der Waals surface area contributed by atoms with Crippen molar-refractivity contribution in [1.29, 1.82) is 0 Å². The van der Waals surface area contributed by atoms with E-state index in [0.717, 1.165) is 40.8 Å². The molecule has 1 saturated heterocycles. The molecule has 4 rings (SSSR count). The minimum atomic E-state index is -0.228. The number of hydrogen-bond donors (Lipinski definition) is 1. The minimum Gasteiger partial charge on any atom is -0.497 e. The molecule has 9 heteroatoms. The van der Waals surface area contributed by atoms with Crippen molar-refractivity contribution < 1.29 is 14.3 Å². The number of thiazole rings is 1. The standard InChI is InChI=1S/C18H18N4O3S2/c1-10-14(26-16(19-10)11-5-3-6-12(9-11)24-2)15(23)20-18-22-21-17(27-18)13-7-4-8-25-13/h3,5-6,9,13H,4,7-8H2,1-2H3,(H,20,22,23). The number of aromatic nitrogens is 3. The second-order valence-corrected chi connectivity index (χ2v) is 8.07. The van der Waals surface area contributed by atoms with Crippen LogP contribution in [0.5, 0.6) is 5.75 Å². The normalized spacial score (nSPS) is 16.4. The summed E-state index contributed by atoms with van der Waals surface area (Å²) in [7, 11) is 1.62. The fourth-order valence-electron chi connectivity index (χ4n) is 2.83. The maximum absolute atomic E-state index is 12.7. The molecule has 1 aliphatic rings. The fourth-order valence-corrected chi connectivity index (χ4v) is 4.61. The number of benzene rings is 1. The minimum absolute atomic E-state index is 0.00189. The summed E-state index contributed by atoms with van der Waals surface area (Å²) in [5.41, 5.74) is 1.59. The Morgan fingerprint density at radius 3 is 3.00 bits per heavy atom. The van der Waals surface area contributed by atoms with Crippen LogP contribution in [0.3, 0.4) is 0 Å². The highest BCUT2D eigenvalue weighted by atomic mass is 32.1. The van der Waals surface area contributed by atoms with E-state index in [1.54, 1.807) is 7.11 Å². The van der Waals surface area contributed by atoms with E-state index in [-0.39, 0.29) is 12.0 Å². The number of ether oxygens (including phenoxy) is 2. The first-order valence-electron chi connectivity index (χ1n) is 8.52. The van der Waals surface area contributed by atoms with Gasteiger partial charge < -0.3 is 9.47 Å². The van der Waals surface area contributed by atoms with E-state index in [2.05, 4.69) is 20.5 Å². The lowest BCUT2D eigenvalue weighted by Crippen LogP contribution is -2.11. The Kier molecular flexibility index (Phi) is 5.15. The smallest absolute Gasteiger partial charge is 0.269 e. The molecule has 27 heavy (non-hydrogen) atoms. The Bertz CT molecular complexity index is 963. The number of rotatable bonds is 5. The average molecular weight is 403 g/mol. The van der Waals surface area contributed by atoms with Gasteiger partial charge in [-0.1, -0.05) is 23.5 Å². The predicted molar refractivity (Wildman–Crippen MR) is 105 cm³/mol. The molecule has 1 aromatic carbocycles. The largest absolute Gasteiger partial charge is 0.497 e. The summed E-state index contributed by atoms with van der Waals surface area (Å²) in [6.45, 7) is 2.58. The number of carbonyl (C=O) groups is 1. The lowest BCUT2D eigenvalue weighted by Gasteiger charge is -2.02. The van der Waals surface area contributed by atoms with Crippen molar-refractivity contribution in [2.75, 3.05) is 19.0 Å². The molecular weight excluding hydrogens is 384 g/mol. The van der Waals surface area contributed by atoms with Gasteiger partial charge in [-0.15, -0.1) is 21.5 Å². The third-order valence-electron chi connectivity index (χ3n) is 4.19. The van der Waals surface area contributed by atoms with Crippen molar-refractivity contribution in [3.63, 3.8) is 0 Å². The molecule has 0 saturated carbocycles. The lowest BCUT2D eigenvalue weighted by atomic mass is 10.2. The quantitative estimate of drug-likeness (QED) is 0.692. The van der Waals surface area contributed by atoms with Crippen LogP contribution in [-0.2, 0) is 4.74 Å². The maximum atomic E-state index is 12.7. The number of methoxy groups -OCH3 is 1. The van der Waals surface area contributed by atoms with Gasteiger partial charge in [-0.3, -0.25) is 10.1 Å². The molecule has 1 atom stereocenters. The Balaban J connectivity index is 1.51. The van der Waals surface area contributed by atoms with Crippen molar-refractivity contribution in [3.8, 4) is 16.3 Å². The maximum Gasteiger partial charge on any atom is 0.269 e. The number of carbonyl (C=O) groups excluding carboxylic acids is 1. The van der Waals surface area contributed by atoms with Crippen LogP contribution in [0, 0.1) is 6.92 Å². The second-order valence-electron chi connectivity index (χ2n) is 6.07. The average Bonchev–Trinajstić information content (AvgIpc) is 3.42. The monoisotopic (exact) mass is 402 g/mol. The van der Waals surface area contributed by atoms with Gasteiger partial charge in [-0.2, -0.15) is 0 Å². The summed E-state index contributed by atoms with van der Waals surface area (Å²) in [6.07, 6.45) is 1.97. The molecule has 0 bridgehead atoms. The first-order valence-corrected chi connectivity index (χ1v) is 10.2. The molecule has 1 fully saturated rings. The van der Waals surface area contributed by atoms with Crippen molar-refractivity contribution in [1.82, 2.24) is 15.2 Å². The molecule has 0 radical (unpaired) electrons. The van der Waals surface area contributed by atoms with Gasteiger partial charge in [0.2, 0.25) is 5.13 Å². The van der Waals surface area contributed by atoms with Gasteiger partial charge in [0, 0.05) is 12.2 Å². The Morgan fingerprint density at radius 2 is 2.22 bits per heavy atom. The highest BCUT2D eigenvalue weighted by Gasteiger charge is 2.23. The van der Waals surface area contributed by atoms with Gasteiger partial charge in [0.25, 0.3) is 5.91 Å². The van der Waals surface area contributed by atoms with Gasteiger partial charge in [0.15, 0.2) is 0 Å². The third kappa shape index (κ3) is 3.85. The Labute approximate surface area is 164 Å². The molecule has 1 amide bonds. The van der Waals surface area contributed by atoms with E-state index < -0.39 is 0 Å². The number of aryl methyl sites for hydroxylation is 1. The lowest BCUT2D eigenvalue weighted by molar-refractivity contribution is 0.102. The van der Waals surface area contributed by atoms with Crippen molar-refractivity contribution >= 4 is 33.7 Å². The molecule has 3 aromatic rings. The topological polar surface area (TPSA) is 86.2 Å². The van der Waals surface area contributed by atoms with Crippen LogP contribution in [0.25, 0.3) is 10.6 Å². The van der Waals surface area contributed by atoms with Crippen LogP contribution < -0.4 is 10.1 Å². The SMILES string of the molecule is COc1cccc(-c2nc(C)c(C(=O)Nc3nnc(C4CCCO4)s3)s2)c1. The summed E-state index contributed by atoms with van der Waals surface area (Å²) in [4.78, 5) is 17.8. The number of anilines is 1. The molecule has 1 aliphatic heterocycles. The zero-order valence-corrected chi connectivity index (χ0v) is 16.5. The zero-order valence-electron chi connectivity index (χ0n) is 14.9. The first kappa shape index (κ1) is 18.0. The van der Waals surface area contributed by atoms with E-state index in [4.69, 9.17) is 9.47 Å². The summed E-state index contributed by atoms with van der Waals surface area (Å²) in [5, 5.41) is 13.1. The molecule has 0 spiro atoms. The highest BCUT2D eigenvalue weighted by Crippen LogP contribution is 2.33. The molecule has 7 nitrogen and oxygen atoms in total. The number of hydrogen-bond acceptors (Lipinski definition) is 8. The van der Waals surface area contributed by atoms with Crippen molar-refractivity contribution in [2.24, 2.45) is 0 Å². The second kappa shape index (κ2) is 7.71. The number of amides is 1. The summed E-state index contributed by atoms with van der Waals surface area (Å²) in [5.74, 6) is 0.524. The molecular formula is C18H18N4O3S2. The summed E-state index contributed by atoms with van der Waals surface area (Å²) < 4.78 is 10.9. The van der Waals surface area contributed by atoms with Gasteiger partial charge in [0.05, 0.1) is 12.8 Å². The van der Waals surface area contributed by atoms with Crippen LogP contribution >= 0.6 is 22.7 Å². The number of nitrogens with one attached hydrogen (secondary N) is 1. The predicted octanol–water partition coefficient (Wildman–Crippen LogP) is 4.08. The first-order chi connectivity index (χ1) is 13.1. The van der Waals surface area contributed by atoms with Crippen molar-refractivity contribution in [2.45, 2.75) is 25.9 Å². The zero-order chi connectivity index (χ0) is 18.8. The molecule has 1 unspecified atom stereocenters. The van der Waals surface area contributed by atoms with Crippen LogP contribution in [0.1, 0.15) is 39.3 Å². The van der Waals surface area contributed by atoms with E-state index in [1.165, 1.54) is 22.7 Å². The van der Waals surface area contributed by atoms with E-state index >= 15 is 0 Å². The number of nitrogens with zero attached hydrogens (tertiary/aromatic N) is 3. The molecule has 140 valence electrons. The van der Waals surface area contributed by atoms with Crippen molar-refractivity contribution in [3.05, 3.63) is 39.8 Å². The Morgan fingerprint density at radius 1 is 1.33 bits per heavy atom. The van der Waals surface area contributed by atoms with E-state index in [9.17, 15) is 4.79 Å². The molecule has 2 aromatic heterocycles.